The smallest absolute Gasteiger partial charge is 0.306 e. The van der Waals surface area contributed by atoms with E-state index in [4.69, 9.17) is 18.9 Å². The highest BCUT2D eigenvalue weighted by atomic mass is 16.7. The molecule has 0 aromatic rings. The number of hydrogen-bond acceptors (Lipinski definition) is 10. The fraction of sp³-hybridized carbons (Fsp3) is 0.789. The third-order valence-electron chi connectivity index (χ3n) is 12.4. The molecule has 4 N–H and O–H groups in total. The molecule has 0 bridgehead atoms. The van der Waals surface area contributed by atoms with Gasteiger partial charge in [-0.05, 0) is 77.0 Å². The summed E-state index contributed by atoms with van der Waals surface area (Å²) in [6.45, 7) is 3.39. The van der Waals surface area contributed by atoms with Crippen molar-refractivity contribution >= 4 is 11.9 Å². The number of carbonyl (C=O) groups is 2. The lowest BCUT2D eigenvalue weighted by Gasteiger charge is -2.39. The number of ether oxygens (including phenoxy) is 4. The van der Waals surface area contributed by atoms with Crippen LogP contribution in [0.25, 0.3) is 0 Å². The topological polar surface area (TPSA) is 152 Å². The highest BCUT2D eigenvalue weighted by molar-refractivity contribution is 5.70. The summed E-state index contributed by atoms with van der Waals surface area (Å²) in [4.78, 5) is 25.5. The van der Waals surface area contributed by atoms with Gasteiger partial charge >= 0.3 is 11.9 Å². The van der Waals surface area contributed by atoms with E-state index in [1.54, 1.807) is 0 Å². The Morgan fingerprint density at radius 1 is 0.463 bits per heavy atom. The monoisotopic (exact) mass is 945 g/mol. The molecule has 1 fully saturated rings. The minimum Gasteiger partial charge on any atom is -0.462 e. The van der Waals surface area contributed by atoms with Gasteiger partial charge in [0, 0.05) is 12.8 Å². The van der Waals surface area contributed by atoms with Crippen LogP contribution in [0.15, 0.2) is 60.8 Å². The molecule has 2 unspecified atom stereocenters. The molecule has 10 heteroatoms. The van der Waals surface area contributed by atoms with Gasteiger partial charge in [0.15, 0.2) is 12.4 Å². The second-order valence-corrected chi connectivity index (χ2v) is 18.7. The van der Waals surface area contributed by atoms with Crippen LogP contribution in [-0.2, 0) is 28.5 Å². The lowest BCUT2D eigenvalue weighted by atomic mass is 9.99. The molecule has 0 radical (unpaired) electrons. The predicted molar refractivity (Wildman–Crippen MR) is 275 cm³/mol. The molecular weight excluding hydrogens is 845 g/mol. The zero-order chi connectivity index (χ0) is 48.7. The Kier molecular flexibility index (Phi) is 43.9. The summed E-state index contributed by atoms with van der Waals surface area (Å²) in [7, 11) is 0. The second-order valence-electron chi connectivity index (χ2n) is 18.7. The first-order valence-electron chi connectivity index (χ1n) is 27.4. The molecule has 0 amide bonds. The third kappa shape index (κ3) is 37.9. The van der Waals surface area contributed by atoms with E-state index >= 15 is 0 Å². The maximum absolute atomic E-state index is 12.8. The van der Waals surface area contributed by atoms with Gasteiger partial charge in [-0.25, -0.2) is 0 Å². The van der Waals surface area contributed by atoms with E-state index < -0.39 is 49.4 Å². The Morgan fingerprint density at radius 3 is 1.31 bits per heavy atom. The van der Waals surface area contributed by atoms with Crippen molar-refractivity contribution in [3.05, 3.63) is 60.8 Å². The Labute approximate surface area is 409 Å². The minimum atomic E-state index is -1.61. The van der Waals surface area contributed by atoms with Crippen LogP contribution in [0.1, 0.15) is 232 Å². The normalized spacial score (nSPS) is 19.5. The maximum atomic E-state index is 12.8. The van der Waals surface area contributed by atoms with Gasteiger partial charge in [0.05, 0.1) is 13.2 Å². The van der Waals surface area contributed by atoms with Crippen molar-refractivity contribution in [3.8, 4) is 0 Å². The van der Waals surface area contributed by atoms with E-state index in [0.29, 0.717) is 12.8 Å². The minimum absolute atomic E-state index is 0.153. The van der Waals surface area contributed by atoms with Gasteiger partial charge in [-0.1, -0.05) is 203 Å². The number of aliphatic hydroxyl groups is 4. The zero-order valence-corrected chi connectivity index (χ0v) is 42.6. The number of carbonyl (C=O) groups excluding carboxylic acids is 2. The molecule has 1 aliphatic rings. The fourth-order valence-electron chi connectivity index (χ4n) is 8.06. The van der Waals surface area contributed by atoms with Gasteiger partial charge in [0.1, 0.15) is 31.0 Å². The first-order chi connectivity index (χ1) is 32.8. The molecule has 1 heterocycles. The lowest BCUT2D eigenvalue weighted by molar-refractivity contribution is -0.305. The molecule has 1 aliphatic heterocycles. The van der Waals surface area contributed by atoms with Crippen molar-refractivity contribution < 1.29 is 49.0 Å². The number of rotatable bonds is 46. The van der Waals surface area contributed by atoms with Crippen molar-refractivity contribution in [3.63, 3.8) is 0 Å². The largest absolute Gasteiger partial charge is 0.462 e. The summed E-state index contributed by atoms with van der Waals surface area (Å²) in [5.74, 6) is -0.869. The molecule has 1 rings (SSSR count). The highest BCUT2D eigenvalue weighted by Gasteiger charge is 2.44. The number of allylic oxidation sites excluding steroid dienone is 10. The summed E-state index contributed by atoms with van der Waals surface area (Å²) in [6.07, 6.45) is 52.4. The van der Waals surface area contributed by atoms with Crippen LogP contribution in [0, 0.1) is 0 Å². The second kappa shape index (κ2) is 47.1. The summed E-state index contributed by atoms with van der Waals surface area (Å²) in [5, 5.41) is 40.2. The molecular formula is C57H100O10. The molecule has 1 saturated heterocycles. The van der Waals surface area contributed by atoms with Gasteiger partial charge < -0.3 is 39.4 Å². The average Bonchev–Trinajstić information content (AvgIpc) is 3.33. The summed E-state index contributed by atoms with van der Waals surface area (Å²) in [5.41, 5.74) is 0. The summed E-state index contributed by atoms with van der Waals surface area (Å²) >= 11 is 0. The lowest BCUT2D eigenvalue weighted by Crippen LogP contribution is -2.59. The van der Waals surface area contributed by atoms with E-state index in [0.717, 1.165) is 44.9 Å². The van der Waals surface area contributed by atoms with Gasteiger partial charge in [-0.2, -0.15) is 0 Å². The number of esters is 2. The van der Waals surface area contributed by atoms with Gasteiger partial charge in [0.2, 0.25) is 0 Å². The molecule has 388 valence electrons. The van der Waals surface area contributed by atoms with Crippen molar-refractivity contribution in [1.29, 1.82) is 0 Å². The molecule has 0 aromatic carbocycles. The highest BCUT2D eigenvalue weighted by Crippen LogP contribution is 2.23. The summed E-state index contributed by atoms with van der Waals surface area (Å²) in [6, 6.07) is 0. The standard InChI is InChI=1S/C57H100O10/c1-3-5-7-9-11-13-15-17-19-21-23-25-27-29-31-33-35-37-39-41-43-45-52(59)64-48-50(49-65-57-56(63)55(62)54(61)51(47-58)67-57)66-53(60)46-44-42-40-38-36-34-32-30-28-26-24-22-20-18-16-14-12-10-8-6-4-2/h17,19-20,22,26,28,32,34,38,40,50-51,54-58,61-63H,3-16,18,21,23-25,27,29-31,33,35-37,39,41-49H2,1-2H3/b19-17+,22-20+,28-26+,34-32+,40-38+/t50-,51-,54+,55?,56?,57-/m0/s1. The predicted octanol–water partition coefficient (Wildman–Crippen LogP) is 13.3. The Morgan fingerprint density at radius 2 is 0.851 bits per heavy atom. The Bertz CT molecular complexity index is 1280. The third-order valence-corrected chi connectivity index (χ3v) is 12.4. The van der Waals surface area contributed by atoms with E-state index in [-0.39, 0.29) is 32.0 Å². The van der Waals surface area contributed by atoms with Crippen molar-refractivity contribution in [2.45, 2.75) is 269 Å². The van der Waals surface area contributed by atoms with E-state index in [1.165, 1.54) is 148 Å². The first-order valence-corrected chi connectivity index (χ1v) is 27.4. The number of unbranched alkanes of at least 4 members (excludes halogenated alkanes) is 25. The van der Waals surface area contributed by atoms with Crippen LogP contribution in [-0.4, -0.2) is 89.0 Å². The first kappa shape index (κ1) is 62.4. The van der Waals surface area contributed by atoms with E-state index in [1.807, 2.05) is 6.08 Å². The Balaban J connectivity index is 2.28. The fourth-order valence-corrected chi connectivity index (χ4v) is 8.06. The zero-order valence-electron chi connectivity index (χ0n) is 42.6. The molecule has 0 aromatic heterocycles. The van der Waals surface area contributed by atoms with Crippen LogP contribution < -0.4 is 0 Å². The van der Waals surface area contributed by atoms with Crippen molar-refractivity contribution in [2.24, 2.45) is 0 Å². The number of hydrogen-bond donors (Lipinski definition) is 4. The van der Waals surface area contributed by atoms with E-state index in [2.05, 4.69) is 68.5 Å². The van der Waals surface area contributed by atoms with Crippen LogP contribution >= 0.6 is 0 Å². The van der Waals surface area contributed by atoms with Crippen molar-refractivity contribution in [1.82, 2.24) is 0 Å². The van der Waals surface area contributed by atoms with Gasteiger partial charge in [-0.3, -0.25) is 9.59 Å². The SMILES string of the molecule is CCCCCCCC/C=C/CCCCCCCCCCCCCC(=O)OC[C@@H](CO[C@H]1O[C@@H](CO)[C@@H](O)C(O)C1O)OC(=O)CCC/C=C/C/C=C/C/C=C/C/C=C/CCCCCCCCC. The Hall–Kier alpha value is -2.60. The molecule has 6 atom stereocenters. The molecule has 0 saturated carbocycles. The molecule has 67 heavy (non-hydrogen) atoms. The van der Waals surface area contributed by atoms with E-state index in [9.17, 15) is 30.0 Å². The quantitative estimate of drug-likeness (QED) is 0.0264. The summed E-state index contributed by atoms with van der Waals surface area (Å²) < 4.78 is 22.2. The molecule has 0 aliphatic carbocycles. The van der Waals surface area contributed by atoms with Gasteiger partial charge in [-0.15, -0.1) is 0 Å². The number of aliphatic hydroxyl groups excluding tert-OH is 4. The van der Waals surface area contributed by atoms with Crippen LogP contribution in [0.4, 0.5) is 0 Å². The maximum Gasteiger partial charge on any atom is 0.306 e. The van der Waals surface area contributed by atoms with Crippen LogP contribution in [0.5, 0.6) is 0 Å². The van der Waals surface area contributed by atoms with Gasteiger partial charge in [0.25, 0.3) is 0 Å². The van der Waals surface area contributed by atoms with Crippen LogP contribution in [0.3, 0.4) is 0 Å². The molecule has 10 nitrogen and oxygen atoms in total. The average molecular weight is 945 g/mol. The van der Waals surface area contributed by atoms with Crippen LogP contribution in [0.2, 0.25) is 0 Å². The molecule has 0 spiro atoms. The van der Waals surface area contributed by atoms with Crippen molar-refractivity contribution in [2.75, 3.05) is 19.8 Å².